The Morgan fingerprint density at radius 3 is 2.89 bits per heavy atom. The fourth-order valence-electron chi connectivity index (χ4n) is 2.66. The molecule has 1 aliphatic heterocycles. The van der Waals surface area contributed by atoms with Gasteiger partial charge in [-0.2, -0.15) is 0 Å². The van der Waals surface area contributed by atoms with Gasteiger partial charge in [-0.25, -0.2) is 0 Å². The van der Waals surface area contributed by atoms with E-state index in [1.54, 1.807) is 0 Å². The summed E-state index contributed by atoms with van der Waals surface area (Å²) >= 11 is 0. The maximum Gasteiger partial charge on any atom is 0.303 e. The number of hydrogen-bond donors (Lipinski definition) is 1. The molecule has 0 aromatic carbocycles. The lowest BCUT2D eigenvalue weighted by atomic mass is 9.93. The molecule has 5 nitrogen and oxygen atoms in total. The second-order valence-electron chi connectivity index (χ2n) is 5.20. The van der Waals surface area contributed by atoms with Crippen molar-refractivity contribution in [2.24, 2.45) is 13.0 Å². The number of piperidine rings is 1. The van der Waals surface area contributed by atoms with Crippen molar-refractivity contribution < 1.29 is 14.7 Å². The average Bonchev–Trinajstić information content (AvgIpc) is 2.82. The lowest BCUT2D eigenvalue weighted by Gasteiger charge is -2.32. The number of hydrogen-bond acceptors (Lipinski definition) is 2. The van der Waals surface area contributed by atoms with Crippen LogP contribution in [0.4, 0.5) is 0 Å². The summed E-state index contributed by atoms with van der Waals surface area (Å²) in [6.07, 6.45) is 4.69. The highest BCUT2D eigenvalue weighted by Gasteiger charge is 2.25. The van der Waals surface area contributed by atoms with Crippen LogP contribution in [-0.4, -0.2) is 39.5 Å². The van der Waals surface area contributed by atoms with Crippen LogP contribution in [0.1, 0.15) is 36.2 Å². The smallest absolute Gasteiger partial charge is 0.303 e. The fourth-order valence-corrected chi connectivity index (χ4v) is 2.66. The zero-order chi connectivity index (χ0) is 13.8. The number of aliphatic carboxylic acids is 1. The fraction of sp³-hybridized carbons (Fsp3) is 0.571. The monoisotopic (exact) mass is 264 g/mol. The molecule has 1 aromatic rings. The standard InChI is InChI=1S/C14H20N2O3/c1-15-8-3-5-12(15)14(19)16-9-2-4-11(10-16)6-7-13(17)18/h3,5,8,11H,2,4,6-7,9-10H2,1H3,(H,17,18)/t11-/m0/s1. The van der Waals surface area contributed by atoms with Gasteiger partial charge >= 0.3 is 5.97 Å². The van der Waals surface area contributed by atoms with E-state index < -0.39 is 5.97 Å². The summed E-state index contributed by atoms with van der Waals surface area (Å²) in [5.41, 5.74) is 0.693. The first kappa shape index (κ1) is 13.6. The van der Waals surface area contributed by atoms with Crippen LogP contribution in [0.15, 0.2) is 18.3 Å². The Hall–Kier alpha value is -1.78. The predicted octanol–water partition coefficient (Wildman–Crippen LogP) is 1.74. The third kappa shape index (κ3) is 3.36. The van der Waals surface area contributed by atoms with E-state index in [2.05, 4.69) is 0 Å². The third-order valence-corrected chi connectivity index (χ3v) is 3.74. The number of carboxylic acid groups (broad SMARTS) is 1. The minimum Gasteiger partial charge on any atom is -0.481 e. The van der Waals surface area contributed by atoms with Gasteiger partial charge in [0.05, 0.1) is 0 Å². The summed E-state index contributed by atoms with van der Waals surface area (Å²) in [4.78, 5) is 24.8. The molecule has 1 N–H and O–H groups in total. The van der Waals surface area contributed by atoms with Crippen molar-refractivity contribution in [1.29, 1.82) is 0 Å². The predicted molar refractivity (Wildman–Crippen MR) is 70.9 cm³/mol. The SMILES string of the molecule is Cn1cccc1C(=O)N1CCC[C@@H](CCC(=O)O)C1. The van der Waals surface area contributed by atoms with E-state index in [4.69, 9.17) is 5.11 Å². The Balaban J connectivity index is 1.95. The van der Waals surface area contributed by atoms with Gasteiger partial charge in [-0.15, -0.1) is 0 Å². The van der Waals surface area contributed by atoms with Crippen molar-refractivity contribution >= 4 is 11.9 Å². The summed E-state index contributed by atoms with van der Waals surface area (Å²) in [6.45, 7) is 1.45. The molecular formula is C14H20N2O3. The molecule has 1 atom stereocenters. The summed E-state index contributed by atoms with van der Waals surface area (Å²) in [6, 6.07) is 3.68. The molecule has 0 bridgehead atoms. The van der Waals surface area contributed by atoms with E-state index in [9.17, 15) is 9.59 Å². The molecule has 0 radical (unpaired) electrons. The van der Waals surface area contributed by atoms with Gasteiger partial charge in [0.1, 0.15) is 5.69 Å². The Morgan fingerprint density at radius 2 is 2.26 bits per heavy atom. The van der Waals surface area contributed by atoms with Crippen LogP contribution in [0, 0.1) is 5.92 Å². The molecule has 1 amide bonds. The van der Waals surface area contributed by atoms with Gasteiger partial charge < -0.3 is 14.6 Å². The Bertz CT molecular complexity index is 467. The second kappa shape index (κ2) is 5.91. The second-order valence-corrected chi connectivity index (χ2v) is 5.20. The summed E-state index contributed by atoms with van der Waals surface area (Å²) in [5, 5.41) is 8.72. The van der Waals surface area contributed by atoms with Crippen molar-refractivity contribution in [3.63, 3.8) is 0 Å². The highest BCUT2D eigenvalue weighted by molar-refractivity contribution is 5.92. The molecule has 0 unspecified atom stereocenters. The normalized spacial score (nSPS) is 19.4. The number of nitrogens with zero attached hydrogens (tertiary/aromatic N) is 2. The molecule has 2 rings (SSSR count). The molecule has 1 fully saturated rings. The number of carbonyl (C=O) groups excluding carboxylic acids is 1. The molecular weight excluding hydrogens is 244 g/mol. The Morgan fingerprint density at radius 1 is 1.47 bits per heavy atom. The van der Waals surface area contributed by atoms with Crippen LogP contribution >= 0.6 is 0 Å². The largest absolute Gasteiger partial charge is 0.481 e. The third-order valence-electron chi connectivity index (χ3n) is 3.74. The molecule has 0 saturated carbocycles. The molecule has 2 heterocycles. The molecule has 1 saturated heterocycles. The van der Waals surface area contributed by atoms with E-state index in [0.29, 0.717) is 24.6 Å². The van der Waals surface area contributed by atoms with E-state index in [0.717, 1.165) is 19.4 Å². The first-order valence-electron chi connectivity index (χ1n) is 6.70. The lowest BCUT2D eigenvalue weighted by molar-refractivity contribution is -0.137. The quantitative estimate of drug-likeness (QED) is 0.901. The number of carbonyl (C=O) groups is 2. The number of carboxylic acids is 1. The summed E-state index contributed by atoms with van der Waals surface area (Å²) in [5.74, 6) is -0.396. The van der Waals surface area contributed by atoms with Gasteiger partial charge in [0.25, 0.3) is 5.91 Å². The van der Waals surface area contributed by atoms with Gasteiger partial charge in [0.15, 0.2) is 0 Å². The highest BCUT2D eigenvalue weighted by Crippen LogP contribution is 2.22. The summed E-state index contributed by atoms with van der Waals surface area (Å²) < 4.78 is 1.82. The topological polar surface area (TPSA) is 62.5 Å². The minimum atomic E-state index is -0.758. The van der Waals surface area contributed by atoms with Gasteiger partial charge in [-0.05, 0) is 37.3 Å². The maximum atomic E-state index is 12.4. The average molecular weight is 264 g/mol. The number of aromatic nitrogens is 1. The Labute approximate surface area is 112 Å². The van der Waals surface area contributed by atoms with Crippen LogP contribution in [0.25, 0.3) is 0 Å². The number of rotatable bonds is 4. The van der Waals surface area contributed by atoms with Gasteiger partial charge in [0.2, 0.25) is 0 Å². The van der Waals surface area contributed by atoms with Crippen molar-refractivity contribution in [2.75, 3.05) is 13.1 Å². The minimum absolute atomic E-state index is 0.0486. The maximum absolute atomic E-state index is 12.4. The molecule has 1 aromatic heterocycles. The van der Waals surface area contributed by atoms with Crippen molar-refractivity contribution in [3.05, 3.63) is 24.0 Å². The molecule has 19 heavy (non-hydrogen) atoms. The molecule has 0 aliphatic carbocycles. The van der Waals surface area contributed by atoms with Crippen LogP contribution in [0.5, 0.6) is 0 Å². The lowest BCUT2D eigenvalue weighted by Crippen LogP contribution is -2.40. The Kier molecular flexibility index (Phi) is 4.24. The van der Waals surface area contributed by atoms with Crippen molar-refractivity contribution in [3.8, 4) is 0 Å². The van der Waals surface area contributed by atoms with E-state index in [-0.39, 0.29) is 12.3 Å². The highest BCUT2D eigenvalue weighted by atomic mass is 16.4. The zero-order valence-electron chi connectivity index (χ0n) is 11.2. The van der Waals surface area contributed by atoms with Crippen LogP contribution in [0.2, 0.25) is 0 Å². The number of likely N-dealkylation sites (tertiary alicyclic amines) is 1. The molecule has 1 aliphatic rings. The first-order chi connectivity index (χ1) is 9.08. The molecule has 0 spiro atoms. The first-order valence-corrected chi connectivity index (χ1v) is 6.70. The van der Waals surface area contributed by atoms with Gasteiger partial charge in [-0.3, -0.25) is 9.59 Å². The van der Waals surface area contributed by atoms with Crippen LogP contribution in [-0.2, 0) is 11.8 Å². The van der Waals surface area contributed by atoms with E-state index in [1.165, 1.54) is 0 Å². The van der Waals surface area contributed by atoms with E-state index in [1.807, 2.05) is 34.8 Å². The van der Waals surface area contributed by atoms with Gasteiger partial charge in [0, 0.05) is 32.8 Å². The van der Waals surface area contributed by atoms with Crippen LogP contribution < -0.4 is 0 Å². The molecule has 5 heteroatoms. The number of aryl methyl sites for hydroxylation is 1. The van der Waals surface area contributed by atoms with Gasteiger partial charge in [-0.1, -0.05) is 0 Å². The molecule has 104 valence electrons. The van der Waals surface area contributed by atoms with Crippen LogP contribution in [0.3, 0.4) is 0 Å². The van der Waals surface area contributed by atoms with E-state index >= 15 is 0 Å². The zero-order valence-corrected chi connectivity index (χ0v) is 11.2. The van der Waals surface area contributed by atoms with Crippen molar-refractivity contribution in [2.45, 2.75) is 25.7 Å². The van der Waals surface area contributed by atoms with Crippen molar-refractivity contribution in [1.82, 2.24) is 9.47 Å². The summed E-state index contributed by atoms with van der Waals surface area (Å²) in [7, 11) is 1.86. The number of amides is 1.